The lowest BCUT2D eigenvalue weighted by molar-refractivity contribution is 0.260. The highest BCUT2D eigenvalue weighted by atomic mass is 32.2. The molecule has 0 amide bonds. The van der Waals surface area contributed by atoms with Gasteiger partial charge in [0.2, 0.25) is 0 Å². The van der Waals surface area contributed by atoms with Crippen LogP contribution in [0.15, 0.2) is 64.8 Å². The Morgan fingerprint density at radius 2 is 1.93 bits per heavy atom. The fraction of sp³-hybridized carbons (Fsp3) is 0.211. The van der Waals surface area contributed by atoms with E-state index in [0.717, 1.165) is 17.5 Å². The van der Waals surface area contributed by atoms with E-state index in [-0.39, 0.29) is 17.7 Å². The summed E-state index contributed by atoms with van der Waals surface area (Å²) in [5.41, 5.74) is 1.60. The second-order valence-corrected chi connectivity index (χ2v) is 7.36. The summed E-state index contributed by atoms with van der Waals surface area (Å²) in [6.45, 7) is 2.51. The minimum absolute atomic E-state index is 0.00937. The van der Waals surface area contributed by atoms with Crippen molar-refractivity contribution >= 4 is 11.8 Å². The number of thioether (sulfide) groups is 1. The molecule has 4 rings (SSSR count). The molecule has 0 bridgehead atoms. The van der Waals surface area contributed by atoms with Gasteiger partial charge in [0, 0.05) is 18.0 Å². The van der Waals surface area contributed by atoms with Gasteiger partial charge in [-0.15, -0.1) is 0 Å². The molecule has 9 heteroatoms. The van der Waals surface area contributed by atoms with Crippen LogP contribution in [0.5, 0.6) is 0 Å². The Labute approximate surface area is 164 Å². The Morgan fingerprint density at radius 1 is 1.14 bits per heavy atom. The molecule has 0 aliphatic carbocycles. The Morgan fingerprint density at radius 3 is 2.64 bits per heavy atom. The molecule has 1 aliphatic heterocycles. The number of benzene rings is 1. The lowest BCUT2D eigenvalue weighted by atomic mass is 10.2. The number of halogens is 2. The summed E-state index contributed by atoms with van der Waals surface area (Å²) < 4.78 is 29.5. The van der Waals surface area contributed by atoms with Crippen molar-refractivity contribution in [1.82, 2.24) is 24.2 Å². The Kier molecular flexibility index (Phi) is 4.99. The topological polar surface area (TPSA) is 56.0 Å². The molecule has 2 aromatic heterocycles. The predicted molar refractivity (Wildman–Crippen MR) is 102 cm³/mol. The highest BCUT2D eigenvalue weighted by Crippen LogP contribution is 2.38. The molecule has 0 spiro atoms. The van der Waals surface area contributed by atoms with Crippen molar-refractivity contribution in [3.63, 3.8) is 0 Å². The SMILES string of the molecule is CC1=CSC(n2cnn(Cc3cc(F)cc(F)c3)c2=O)N1Cc1ccccn1. The summed E-state index contributed by atoms with van der Waals surface area (Å²) in [5.74, 6) is -1.37. The molecule has 0 saturated carbocycles. The van der Waals surface area contributed by atoms with Crippen LogP contribution in [0.3, 0.4) is 0 Å². The largest absolute Gasteiger partial charge is 0.348 e. The number of rotatable bonds is 5. The van der Waals surface area contributed by atoms with Gasteiger partial charge in [-0.3, -0.25) is 9.55 Å². The third-order valence-electron chi connectivity index (χ3n) is 4.39. The number of aromatic nitrogens is 4. The van der Waals surface area contributed by atoms with Crippen LogP contribution in [0.2, 0.25) is 0 Å². The number of pyridine rings is 1. The molecule has 1 aromatic carbocycles. The molecule has 0 saturated heterocycles. The smallest absolute Gasteiger partial charge is 0.339 e. The normalized spacial score (nSPS) is 16.5. The molecule has 1 atom stereocenters. The van der Waals surface area contributed by atoms with Crippen LogP contribution in [-0.4, -0.2) is 24.2 Å². The number of hydrogen-bond acceptors (Lipinski definition) is 5. The van der Waals surface area contributed by atoms with Crippen LogP contribution in [0.25, 0.3) is 0 Å². The third kappa shape index (κ3) is 3.70. The average Bonchev–Trinajstić information content (AvgIpc) is 3.18. The second kappa shape index (κ2) is 7.59. The number of nitrogens with zero attached hydrogens (tertiary/aromatic N) is 5. The van der Waals surface area contributed by atoms with Crippen LogP contribution < -0.4 is 5.69 Å². The van der Waals surface area contributed by atoms with E-state index in [1.807, 2.05) is 30.5 Å². The lowest BCUT2D eigenvalue weighted by Crippen LogP contribution is -2.33. The van der Waals surface area contributed by atoms with Gasteiger partial charge in [-0.1, -0.05) is 17.8 Å². The summed E-state index contributed by atoms with van der Waals surface area (Å²) in [6, 6.07) is 8.88. The first-order valence-corrected chi connectivity index (χ1v) is 9.53. The Balaban J connectivity index is 1.58. The predicted octanol–water partition coefficient (Wildman–Crippen LogP) is 3.33. The van der Waals surface area contributed by atoms with Crippen molar-refractivity contribution < 1.29 is 8.78 Å². The summed E-state index contributed by atoms with van der Waals surface area (Å²) in [6.07, 6.45) is 3.18. The fourth-order valence-corrected chi connectivity index (χ4v) is 4.16. The van der Waals surface area contributed by atoms with E-state index in [2.05, 4.69) is 15.0 Å². The zero-order chi connectivity index (χ0) is 19.7. The van der Waals surface area contributed by atoms with E-state index in [4.69, 9.17) is 0 Å². The van der Waals surface area contributed by atoms with Crippen LogP contribution in [-0.2, 0) is 13.1 Å². The Bertz CT molecular complexity index is 1060. The highest BCUT2D eigenvalue weighted by Gasteiger charge is 2.28. The van der Waals surface area contributed by atoms with E-state index in [9.17, 15) is 13.6 Å². The monoisotopic (exact) mass is 401 g/mol. The molecule has 144 valence electrons. The highest BCUT2D eigenvalue weighted by molar-refractivity contribution is 8.02. The number of allylic oxidation sites excluding steroid dienone is 1. The van der Waals surface area contributed by atoms with Gasteiger partial charge in [-0.25, -0.2) is 18.3 Å². The average molecular weight is 401 g/mol. The van der Waals surface area contributed by atoms with E-state index < -0.39 is 11.6 Å². The van der Waals surface area contributed by atoms with Crippen LogP contribution in [0, 0.1) is 11.6 Å². The minimum atomic E-state index is -0.685. The molecule has 0 N–H and O–H groups in total. The molecular weight excluding hydrogens is 384 g/mol. The van der Waals surface area contributed by atoms with Crippen molar-refractivity contribution in [3.8, 4) is 0 Å². The summed E-state index contributed by atoms with van der Waals surface area (Å²) in [7, 11) is 0. The fourth-order valence-electron chi connectivity index (χ4n) is 3.04. The maximum absolute atomic E-state index is 13.4. The van der Waals surface area contributed by atoms with E-state index in [1.165, 1.54) is 39.5 Å². The summed E-state index contributed by atoms with van der Waals surface area (Å²) in [4.78, 5) is 19.2. The van der Waals surface area contributed by atoms with Crippen LogP contribution >= 0.6 is 11.8 Å². The maximum Gasteiger partial charge on any atom is 0.348 e. The molecule has 0 radical (unpaired) electrons. The van der Waals surface area contributed by atoms with Gasteiger partial charge in [0.25, 0.3) is 0 Å². The molecule has 1 aliphatic rings. The molecule has 6 nitrogen and oxygen atoms in total. The van der Waals surface area contributed by atoms with Gasteiger partial charge in [0.15, 0.2) is 5.50 Å². The quantitative estimate of drug-likeness (QED) is 0.656. The standard InChI is InChI=1S/C19H17F2N5OS/c1-13-11-28-19(24(13)10-17-4-2-3-5-22-17)25-12-23-26(18(25)27)9-14-6-15(20)8-16(21)7-14/h2-8,11-12,19H,9-10H2,1H3. The van der Waals surface area contributed by atoms with Crippen molar-refractivity contribution in [3.05, 3.63) is 93.4 Å². The maximum atomic E-state index is 13.4. The van der Waals surface area contributed by atoms with Crippen LogP contribution in [0.1, 0.15) is 23.7 Å². The summed E-state index contributed by atoms with van der Waals surface area (Å²) in [5, 5.41) is 6.11. The second-order valence-electron chi connectivity index (χ2n) is 6.43. The first kappa shape index (κ1) is 18.4. The van der Waals surface area contributed by atoms with Crippen molar-refractivity contribution in [2.75, 3.05) is 0 Å². The van der Waals surface area contributed by atoms with Gasteiger partial charge >= 0.3 is 5.69 Å². The van der Waals surface area contributed by atoms with E-state index in [1.54, 1.807) is 6.20 Å². The first-order valence-electron chi connectivity index (χ1n) is 8.59. The number of hydrogen-bond donors (Lipinski definition) is 0. The van der Waals surface area contributed by atoms with Crippen molar-refractivity contribution in [2.24, 2.45) is 0 Å². The van der Waals surface area contributed by atoms with Gasteiger partial charge in [-0.2, -0.15) is 5.10 Å². The van der Waals surface area contributed by atoms with Gasteiger partial charge in [0.1, 0.15) is 18.0 Å². The molecule has 28 heavy (non-hydrogen) atoms. The molecule has 3 aromatic rings. The van der Waals surface area contributed by atoms with Gasteiger partial charge < -0.3 is 4.90 Å². The van der Waals surface area contributed by atoms with E-state index in [0.29, 0.717) is 12.1 Å². The van der Waals surface area contributed by atoms with Crippen LogP contribution in [0.4, 0.5) is 8.78 Å². The zero-order valence-corrected chi connectivity index (χ0v) is 15.8. The van der Waals surface area contributed by atoms with E-state index >= 15 is 0 Å². The first-order chi connectivity index (χ1) is 13.5. The Hall–Kier alpha value is -2.94. The lowest BCUT2D eigenvalue weighted by Gasteiger charge is -2.27. The van der Waals surface area contributed by atoms with Crippen molar-refractivity contribution in [1.29, 1.82) is 0 Å². The molecule has 3 heterocycles. The molecule has 0 fully saturated rings. The van der Waals surface area contributed by atoms with Gasteiger partial charge in [0.05, 0.1) is 18.8 Å². The van der Waals surface area contributed by atoms with Crippen molar-refractivity contribution in [2.45, 2.75) is 25.5 Å². The zero-order valence-electron chi connectivity index (χ0n) is 15.0. The minimum Gasteiger partial charge on any atom is -0.339 e. The molecular formula is C19H17F2N5OS. The summed E-state index contributed by atoms with van der Waals surface area (Å²) >= 11 is 1.50. The third-order valence-corrected chi connectivity index (χ3v) is 5.59. The van der Waals surface area contributed by atoms with Gasteiger partial charge in [-0.05, 0) is 42.2 Å². The molecule has 1 unspecified atom stereocenters.